The summed E-state index contributed by atoms with van der Waals surface area (Å²) < 4.78 is 16.0. The monoisotopic (exact) mass is 399 g/mol. The molecule has 1 atom stereocenters. The van der Waals surface area contributed by atoms with Gasteiger partial charge in [0.2, 0.25) is 5.78 Å². The number of methoxy groups -OCH3 is 1. The van der Waals surface area contributed by atoms with E-state index in [9.17, 15) is 14.7 Å². The normalized spacial score (nSPS) is 16.8. The van der Waals surface area contributed by atoms with Crippen LogP contribution in [-0.2, 0) is 9.53 Å². The van der Waals surface area contributed by atoms with Crippen LogP contribution < -0.4 is 4.74 Å². The zero-order chi connectivity index (χ0) is 21.0. The predicted molar refractivity (Wildman–Crippen MR) is 106 cm³/mol. The average Bonchev–Trinajstić information content (AvgIpc) is 3.31. The molecule has 0 bridgehead atoms. The standard InChI is InChI=1S/C22H25NO6/c1-14(2)29-16-9-7-15(8-10-16)19-18(20(24)17-6-4-13-28-17)21(25)22(26)23(19)11-5-12-27-3/h4,6-10,13-14,19,25H,5,11-12H2,1-3H3. The number of hydrogen-bond acceptors (Lipinski definition) is 6. The molecule has 1 N–H and O–H groups in total. The van der Waals surface area contributed by atoms with Gasteiger partial charge in [0.25, 0.3) is 5.91 Å². The van der Waals surface area contributed by atoms with Gasteiger partial charge in [0.1, 0.15) is 5.75 Å². The summed E-state index contributed by atoms with van der Waals surface area (Å²) in [5.41, 5.74) is 0.714. The minimum Gasteiger partial charge on any atom is -0.503 e. The van der Waals surface area contributed by atoms with E-state index in [1.807, 2.05) is 13.8 Å². The number of Topliss-reactive ketones (excluding diaryl/α,β-unsaturated/α-hetero) is 1. The Balaban J connectivity index is 1.98. The number of carbonyl (C=O) groups is 2. The van der Waals surface area contributed by atoms with Gasteiger partial charge in [-0.25, -0.2) is 0 Å². The van der Waals surface area contributed by atoms with Crippen molar-refractivity contribution in [3.8, 4) is 5.75 Å². The zero-order valence-electron chi connectivity index (χ0n) is 16.8. The highest BCUT2D eigenvalue weighted by Gasteiger charge is 2.44. The van der Waals surface area contributed by atoms with Gasteiger partial charge in [0.05, 0.1) is 24.0 Å². The first-order valence-electron chi connectivity index (χ1n) is 9.52. The van der Waals surface area contributed by atoms with Crippen LogP contribution in [0.2, 0.25) is 0 Å². The highest BCUT2D eigenvalue weighted by molar-refractivity contribution is 6.15. The first kappa shape index (κ1) is 20.7. The lowest BCUT2D eigenvalue weighted by atomic mass is 9.95. The SMILES string of the molecule is COCCCN1C(=O)C(O)=C(C(=O)c2ccco2)C1c1ccc(OC(C)C)cc1. The molecule has 1 amide bonds. The van der Waals surface area contributed by atoms with E-state index < -0.39 is 23.5 Å². The Hall–Kier alpha value is -3.06. The van der Waals surface area contributed by atoms with Crippen molar-refractivity contribution in [3.05, 3.63) is 65.3 Å². The minimum absolute atomic E-state index is 0.0138. The largest absolute Gasteiger partial charge is 0.503 e. The Kier molecular flexibility index (Phi) is 6.39. The Morgan fingerprint density at radius 2 is 1.97 bits per heavy atom. The number of benzene rings is 1. The number of amides is 1. The molecule has 2 aromatic rings. The molecule has 1 aliphatic heterocycles. The van der Waals surface area contributed by atoms with Gasteiger partial charge in [0.15, 0.2) is 11.5 Å². The van der Waals surface area contributed by atoms with Crippen LogP contribution >= 0.6 is 0 Å². The smallest absolute Gasteiger partial charge is 0.290 e. The van der Waals surface area contributed by atoms with Crippen LogP contribution in [0.25, 0.3) is 0 Å². The number of rotatable bonds is 9. The van der Waals surface area contributed by atoms with E-state index in [1.165, 1.54) is 17.2 Å². The number of ketones is 1. The first-order valence-corrected chi connectivity index (χ1v) is 9.52. The lowest BCUT2D eigenvalue weighted by Gasteiger charge is -2.26. The summed E-state index contributed by atoms with van der Waals surface area (Å²) in [6, 6.07) is 9.56. The van der Waals surface area contributed by atoms with Crippen molar-refractivity contribution in [1.82, 2.24) is 4.90 Å². The second kappa shape index (κ2) is 8.96. The third-order valence-electron chi connectivity index (χ3n) is 4.61. The van der Waals surface area contributed by atoms with Crippen molar-refractivity contribution in [2.24, 2.45) is 0 Å². The molecule has 1 aromatic heterocycles. The molecule has 0 radical (unpaired) electrons. The summed E-state index contributed by atoms with van der Waals surface area (Å²) >= 11 is 0. The molecule has 7 heteroatoms. The molecule has 1 aliphatic rings. The van der Waals surface area contributed by atoms with Crippen LogP contribution in [-0.4, -0.2) is 48.1 Å². The number of aliphatic hydroxyl groups excluding tert-OH is 1. The second-order valence-corrected chi connectivity index (χ2v) is 7.05. The molecule has 0 fully saturated rings. The average molecular weight is 399 g/mol. The van der Waals surface area contributed by atoms with E-state index >= 15 is 0 Å². The summed E-state index contributed by atoms with van der Waals surface area (Å²) in [4.78, 5) is 27.2. The number of nitrogens with zero attached hydrogens (tertiary/aromatic N) is 1. The van der Waals surface area contributed by atoms with Crippen LogP contribution in [0.4, 0.5) is 0 Å². The fourth-order valence-corrected chi connectivity index (χ4v) is 3.38. The van der Waals surface area contributed by atoms with E-state index in [4.69, 9.17) is 13.9 Å². The van der Waals surface area contributed by atoms with Crippen molar-refractivity contribution in [2.45, 2.75) is 32.4 Å². The first-order chi connectivity index (χ1) is 13.9. The molecule has 7 nitrogen and oxygen atoms in total. The van der Waals surface area contributed by atoms with E-state index in [1.54, 1.807) is 37.4 Å². The Bertz CT molecular complexity index is 883. The maximum absolute atomic E-state index is 13.0. The van der Waals surface area contributed by atoms with E-state index in [-0.39, 0.29) is 17.4 Å². The van der Waals surface area contributed by atoms with Gasteiger partial charge < -0.3 is 23.9 Å². The minimum atomic E-state index is -0.718. The highest BCUT2D eigenvalue weighted by Crippen LogP contribution is 2.39. The summed E-state index contributed by atoms with van der Waals surface area (Å²) in [6.07, 6.45) is 1.98. The van der Waals surface area contributed by atoms with Crippen LogP contribution in [0.5, 0.6) is 5.75 Å². The van der Waals surface area contributed by atoms with Crippen molar-refractivity contribution >= 4 is 11.7 Å². The Labute approximate surface area is 169 Å². The van der Waals surface area contributed by atoms with Gasteiger partial charge in [0, 0.05) is 20.3 Å². The van der Waals surface area contributed by atoms with Gasteiger partial charge in [-0.3, -0.25) is 9.59 Å². The van der Waals surface area contributed by atoms with Crippen LogP contribution in [0.15, 0.2) is 58.4 Å². The van der Waals surface area contributed by atoms with Gasteiger partial charge >= 0.3 is 0 Å². The Morgan fingerprint density at radius 1 is 1.24 bits per heavy atom. The summed E-state index contributed by atoms with van der Waals surface area (Å²) in [7, 11) is 1.58. The maximum atomic E-state index is 13.0. The molecule has 0 saturated heterocycles. The van der Waals surface area contributed by atoms with Crippen molar-refractivity contribution in [2.75, 3.05) is 20.3 Å². The summed E-state index contributed by atoms with van der Waals surface area (Å²) in [6.45, 7) is 4.66. The van der Waals surface area contributed by atoms with Crippen LogP contribution in [0.1, 0.15) is 42.4 Å². The molecule has 0 spiro atoms. The molecule has 0 aliphatic carbocycles. The summed E-state index contributed by atoms with van der Waals surface area (Å²) in [5.74, 6) is -0.878. The molecule has 1 unspecified atom stereocenters. The van der Waals surface area contributed by atoms with E-state index in [0.29, 0.717) is 30.9 Å². The maximum Gasteiger partial charge on any atom is 0.290 e. The predicted octanol–water partition coefficient (Wildman–Crippen LogP) is 3.68. The number of aliphatic hydroxyl groups is 1. The van der Waals surface area contributed by atoms with Crippen LogP contribution in [0.3, 0.4) is 0 Å². The molecule has 3 rings (SSSR count). The van der Waals surface area contributed by atoms with Gasteiger partial charge in [-0.2, -0.15) is 0 Å². The van der Waals surface area contributed by atoms with Crippen molar-refractivity contribution in [3.63, 3.8) is 0 Å². The van der Waals surface area contributed by atoms with Gasteiger partial charge in [-0.1, -0.05) is 12.1 Å². The van der Waals surface area contributed by atoms with Crippen LogP contribution in [0, 0.1) is 0 Å². The van der Waals surface area contributed by atoms with E-state index in [2.05, 4.69) is 0 Å². The molecule has 154 valence electrons. The quantitative estimate of drug-likeness (QED) is 0.511. The lowest BCUT2D eigenvalue weighted by Crippen LogP contribution is -2.32. The molecule has 29 heavy (non-hydrogen) atoms. The summed E-state index contributed by atoms with van der Waals surface area (Å²) in [5, 5.41) is 10.5. The number of hydrogen-bond donors (Lipinski definition) is 1. The van der Waals surface area contributed by atoms with Crippen molar-refractivity contribution < 1.29 is 28.6 Å². The van der Waals surface area contributed by atoms with Gasteiger partial charge in [-0.15, -0.1) is 0 Å². The molecule has 0 saturated carbocycles. The van der Waals surface area contributed by atoms with Crippen molar-refractivity contribution in [1.29, 1.82) is 0 Å². The number of furan rings is 1. The van der Waals surface area contributed by atoms with Gasteiger partial charge in [-0.05, 0) is 50.1 Å². The third kappa shape index (κ3) is 4.35. The Morgan fingerprint density at radius 3 is 2.55 bits per heavy atom. The zero-order valence-corrected chi connectivity index (χ0v) is 16.8. The molecule has 1 aromatic carbocycles. The molecule has 2 heterocycles. The fourth-order valence-electron chi connectivity index (χ4n) is 3.38. The highest BCUT2D eigenvalue weighted by atomic mass is 16.5. The topological polar surface area (TPSA) is 89.2 Å². The lowest BCUT2D eigenvalue weighted by molar-refractivity contribution is -0.129. The second-order valence-electron chi connectivity index (χ2n) is 7.05. The third-order valence-corrected chi connectivity index (χ3v) is 4.61. The molecular formula is C22H25NO6. The van der Waals surface area contributed by atoms with E-state index in [0.717, 1.165) is 0 Å². The number of carbonyl (C=O) groups excluding carboxylic acids is 2. The number of ether oxygens (including phenoxy) is 2. The molecular weight excluding hydrogens is 374 g/mol. The fraction of sp³-hybridized carbons (Fsp3) is 0.364.